The molecular formula is C29H42O4. The monoisotopic (exact) mass is 454 g/mol. The summed E-state index contributed by atoms with van der Waals surface area (Å²) >= 11 is 0. The summed E-state index contributed by atoms with van der Waals surface area (Å²) in [6.07, 6.45) is 2.27. The molecule has 4 rings (SSSR count). The SMILES string of the molecule is CC[C@H]1[C@@H](COC(=O)C23CCC(C)(C(=O)O2)C3(C)C)[C@@]1(C)c1cc(C(C)C)cc(C(C)C)c1. The van der Waals surface area contributed by atoms with Gasteiger partial charge in [0.05, 0.1) is 12.0 Å². The molecule has 3 fully saturated rings. The number of carbonyl (C=O) groups excluding carboxylic acids is 2. The largest absolute Gasteiger partial charge is 0.462 e. The van der Waals surface area contributed by atoms with E-state index in [1.165, 1.54) is 16.7 Å². The third kappa shape index (κ3) is 3.15. The minimum absolute atomic E-state index is 0.00665. The highest BCUT2D eigenvalue weighted by Gasteiger charge is 2.76. The molecular weight excluding hydrogens is 412 g/mol. The fourth-order valence-corrected chi connectivity index (χ4v) is 6.76. The first-order valence-corrected chi connectivity index (χ1v) is 12.8. The summed E-state index contributed by atoms with van der Waals surface area (Å²) in [4.78, 5) is 26.0. The number of hydrogen-bond donors (Lipinski definition) is 0. The van der Waals surface area contributed by atoms with Crippen molar-refractivity contribution >= 4 is 11.9 Å². The molecule has 2 saturated carbocycles. The van der Waals surface area contributed by atoms with Crippen molar-refractivity contribution in [1.29, 1.82) is 0 Å². The molecule has 2 bridgehead atoms. The Kier molecular flexibility index (Phi) is 5.58. The number of esters is 2. The van der Waals surface area contributed by atoms with Crippen molar-refractivity contribution in [1.82, 2.24) is 0 Å². The fraction of sp³-hybridized carbons (Fsp3) is 0.724. The van der Waals surface area contributed by atoms with Crippen molar-refractivity contribution in [3.8, 4) is 0 Å². The second-order valence-electron chi connectivity index (χ2n) is 12.4. The van der Waals surface area contributed by atoms with Gasteiger partial charge < -0.3 is 9.47 Å². The zero-order valence-corrected chi connectivity index (χ0v) is 22.0. The van der Waals surface area contributed by atoms with Gasteiger partial charge in [-0.15, -0.1) is 0 Å². The van der Waals surface area contributed by atoms with Crippen LogP contribution in [0.5, 0.6) is 0 Å². The number of ether oxygens (including phenoxy) is 2. The van der Waals surface area contributed by atoms with Gasteiger partial charge in [0.15, 0.2) is 0 Å². The lowest BCUT2D eigenvalue weighted by Crippen LogP contribution is -2.49. The number of fused-ring (bicyclic) bond motifs is 2. The first kappa shape index (κ1) is 24.3. The molecule has 182 valence electrons. The second-order valence-corrected chi connectivity index (χ2v) is 12.4. The van der Waals surface area contributed by atoms with Gasteiger partial charge in [-0.2, -0.15) is 0 Å². The normalized spacial score (nSPS) is 36.4. The van der Waals surface area contributed by atoms with E-state index in [1.807, 2.05) is 20.8 Å². The Morgan fingerprint density at radius 1 is 1.00 bits per heavy atom. The van der Waals surface area contributed by atoms with Crippen LogP contribution in [0.4, 0.5) is 0 Å². The highest BCUT2D eigenvalue weighted by molar-refractivity contribution is 5.93. The first-order chi connectivity index (χ1) is 15.3. The van der Waals surface area contributed by atoms with Gasteiger partial charge >= 0.3 is 11.9 Å². The maximum atomic E-state index is 13.4. The van der Waals surface area contributed by atoms with E-state index in [0.29, 0.717) is 37.2 Å². The number of carbonyl (C=O) groups is 2. The van der Waals surface area contributed by atoms with Crippen LogP contribution in [0.25, 0.3) is 0 Å². The van der Waals surface area contributed by atoms with Crippen LogP contribution in [-0.2, 0) is 24.5 Å². The van der Waals surface area contributed by atoms with E-state index >= 15 is 0 Å². The van der Waals surface area contributed by atoms with Crippen LogP contribution in [0, 0.1) is 22.7 Å². The first-order valence-electron chi connectivity index (χ1n) is 12.8. The van der Waals surface area contributed by atoms with Gasteiger partial charge in [-0.3, -0.25) is 4.79 Å². The molecule has 3 aliphatic rings. The third-order valence-electron chi connectivity index (χ3n) is 10.1. The molecule has 2 unspecified atom stereocenters. The molecule has 0 spiro atoms. The van der Waals surface area contributed by atoms with Gasteiger partial charge in [0.2, 0.25) is 5.60 Å². The molecule has 1 aromatic rings. The van der Waals surface area contributed by atoms with Crippen LogP contribution in [0.3, 0.4) is 0 Å². The topological polar surface area (TPSA) is 52.6 Å². The van der Waals surface area contributed by atoms with Gasteiger partial charge in [-0.05, 0) is 54.2 Å². The van der Waals surface area contributed by atoms with Crippen molar-refractivity contribution in [2.45, 2.75) is 104 Å². The Labute approximate surface area is 199 Å². The Balaban J connectivity index is 1.56. The van der Waals surface area contributed by atoms with Crippen LogP contribution in [-0.4, -0.2) is 24.1 Å². The van der Waals surface area contributed by atoms with Crippen LogP contribution < -0.4 is 0 Å². The summed E-state index contributed by atoms with van der Waals surface area (Å²) in [6.45, 7) is 19.8. The third-order valence-corrected chi connectivity index (χ3v) is 10.1. The smallest absolute Gasteiger partial charge is 0.351 e. The van der Waals surface area contributed by atoms with E-state index in [0.717, 1.165) is 6.42 Å². The van der Waals surface area contributed by atoms with E-state index in [1.54, 1.807) is 0 Å². The predicted molar refractivity (Wildman–Crippen MR) is 130 cm³/mol. The summed E-state index contributed by atoms with van der Waals surface area (Å²) in [5.74, 6) is 1.07. The van der Waals surface area contributed by atoms with Gasteiger partial charge in [0.25, 0.3) is 0 Å². The summed E-state index contributed by atoms with van der Waals surface area (Å²) in [7, 11) is 0. The lowest BCUT2D eigenvalue weighted by Gasteiger charge is -2.34. The summed E-state index contributed by atoms with van der Waals surface area (Å²) < 4.78 is 11.7. The highest BCUT2D eigenvalue weighted by atomic mass is 16.6. The minimum Gasteiger partial charge on any atom is -0.462 e. The zero-order valence-electron chi connectivity index (χ0n) is 22.0. The molecule has 1 saturated heterocycles. The van der Waals surface area contributed by atoms with E-state index in [9.17, 15) is 9.59 Å². The van der Waals surface area contributed by atoms with E-state index in [4.69, 9.17) is 9.47 Å². The Hall–Kier alpha value is -1.84. The Morgan fingerprint density at radius 2 is 1.58 bits per heavy atom. The fourth-order valence-electron chi connectivity index (χ4n) is 6.76. The van der Waals surface area contributed by atoms with Crippen LogP contribution in [0.15, 0.2) is 18.2 Å². The summed E-state index contributed by atoms with van der Waals surface area (Å²) in [5, 5.41) is 0. The molecule has 1 aromatic carbocycles. The van der Waals surface area contributed by atoms with Gasteiger partial charge in [0.1, 0.15) is 0 Å². The average molecular weight is 455 g/mol. The molecule has 0 aromatic heterocycles. The van der Waals surface area contributed by atoms with Crippen molar-refractivity contribution in [2.24, 2.45) is 22.7 Å². The predicted octanol–water partition coefficient (Wildman–Crippen LogP) is 6.51. The number of benzene rings is 1. The van der Waals surface area contributed by atoms with Gasteiger partial charge in [0, 0.05) is 16.7 Å². The molecule has 0 N–H and O–H groups in total. The average Bonchev–Trinajstić information content (AvgIpc) is 3.25. The molecule has 33 heavy (non-hydrogen) atoms. The maximum Gasteiger partial charge on any atom is 0.351 e. The second kappa shape index (κ2) is 7.58. The quantitative estimate of drug-likeness (QED) is 0.441. The zero-order chi connectivity index (χ0) is 24.6. The van der Waals surface area contributed by atoms with Crippen molar-refractivity contribution < 1.29 is 19.1 Å². The van der Waals surface area contributed by atoms with Crippen LogP contribution >= 0.6 is 0 Å². The Morgan fingerprint density at radius 3 is 2.00 bits per heavy atom. The molecule has 0 radical (unpaired) electrons. The van der Waals surface area contributed by atoms with Crippen LogP contribution in [0.2, 0.25) is 0 Å². The Bertz CT molecular complexity index is 950. The summed E-state index contributed by atoms with van der Waals surface area (Å²) in [5.41, 5.74) is 1.78. The molecule has 4 nitrogen and oxygen atoms in total. The van der Waals surface area contributed by atoms with E-state index < -0.39 is 16.4 Å². The number of hydrogen-bond acceptors (Lipinski definition) is 4. The van der Waals surface area contributed by atoms with Gasteiger partial charge in [-0.1, -0.05) is 80.0 Å². The highest BCUT2D eigenvalue weighted by Crippen LogP contribution is 2.66. The molecule has 2 aliphatic carbocycles. The van der Waals surface area contributed by atoms with E-state index in [-0.39, 0.29) is 23.3 Å². The van der Waals surface area contributed by atoms with Crippen LogP contribution in [0.1, 0.15) is 110 Å². The lowest BCUT2D eigenvalue weighted by molar-refractivity contribution is -0.183. The molecule has 4 heteroatoms. The number of rotatable bonds is 7. The van der Waals surface area contributed by atoms with Crippen molar-refractivity contribution in [3.63, 3.8) is 0 Å². The molecule has 0 amide bonds. The lowest BCUT2D eigenvalue weighted by atomic mass is 9.66. The molecule has 1 heterocycles. The molecule has 1 aliphatic heterocycles. The van der Waals surface area contributed by atoms with Crippen molar-refractivity contribution in [3.05, 3.63) is 34.9 Å². The van der Waals surface area contributed by atoms with Gasteiger partial charge in [-0.25, -0.2) is 4.79 Å². The van der Waals surface area contributed by atoms with E-state index in [2.05, 4.69) is 59.7 Å². The molecule has 5 atom stereocenters. The maximum absolute atomic E-state index is 13.4. The summed E-state index contributed by atoms with van der Waals surface area (Å²) in [6, 6.07) is 7.07. The standard InChI is InChI=1S/C29H42O4/c1-10-22-23(28(22,9)21-14-19(17(2)3)13-20(15-21)18(4)5)16-32-25(31)29-12-11-27(8,24(30)33-29)26(29,6)7/h13-15,17-18,22-23H,10-12,16H2,1-9H3/t22-,23+,27?,28-,29?/m0/s1. The minimum atomic E-state index is -1.14. The van der Waals surface area contributed by atoms with Crippen molar-refractivity contribution in [2.75, 3.05) is 6.61 Å².